The van der Waals surface area contributed by atoms with Gasteiger partial charge < -0.3 is 13.9 Å². The van der Waals surface area contributed by atoms with Crippen molar-refractivity contribution in [3.63, 3.8) is 0 Å². The Bertz CT molecular complexity index is 2030. The minimum Gasteiger partial charge on any atom is -0.490 e. The highest BCUT2D eigenvalue weighted by molar-refractivity contribution is 6.35. The standard InChI is InChI=1S/C32H22Cl3N3O4/c1-2-40-29-13-19(7-11-28(29)41-18-20-8-9-23(34)16-25(20)35)17-36-38-31(37-26-6-4-3-5-24(26)32(38)39)30-15-21-14-22(33)10-12-27(21)42-30/h3-17H,2,18H2,1H3. The van der Waals surface area contributed by atoms with Crippen LogP contribution < -0.4 is 15.0 Å². The van der Waals surface area contributed by atoms with Crippen molar-refractivity contribution in [1.82, 2.24) is 9.66 Å². The Morgan fingerprint density at radius 3 is 2.55 bits per heavy atom. The largest absolute Gasteiger partial charge is 0.490 e. The zero-order valence-corrected chi connectivity index (χ0v) is 24.5. The highest BCUT2D eigenvalue weighted by atomic mass is 35.5. The molecule has 42 heavy (non-hydrogen) atoms. The number of rotatable bonds is 8. The average molecular weight is 619 g/mol. The molecule has 0 saturated heterocycles. The van der Waals surface area contributed by atoms with Crippen LogP contribution >= 0.6 is 34.8 Å². The van der Waals surface area contributed by atoms with Crippen LogP contribution in [0.1, 0.15) is 18.1 Å². The lowest BCUT2D eigenvalue weighted by molar-refractivity contribution is 0.269. The third kappa shape index (κ3) is 5.72. The number of para-hydroxylation sites is 1. The van der Waals surface area contributed by atoms with Gasteiger partial charge in [-0.2, -0.15) is 9.78 Å². The fourth-order valence-electron chi connectivity index (χ4n) is 4.43. The lowest BCUT2D eigenvalue weighted by Gasteiger charge is -2.13. The van der Waals surface area contributed by atoms with Gasteiger partial charge in [0.25, 0.3) is 5.56 Å². The maximum atomic E-state index is 13.6. The molecule has 0 radical (unpaired) electrons. The van der Waals surface area contributed by atoms with Crippen LogP contribution in [-0.2, 0) is 6.61 Å². The fraction of sp³-hybridized carbons (Fsp3) is 0.0938. The normalized spacial score (nSPS) is 11.5. The first-order valence-electron chi connectivity index (χ1n) is 13.0. The highest BCUT2D eigenvalue weighted by Gasteiger charge is 2.17. The van der Waals surface area contributed by atoms with E-state index in [-0.39, 0.29) is 18.0 Å². The van der Waals surface area contributed by atoms with Crippen molar-refractivity contribution < 1.29 is 13.9 Å². The summed E-state index contributed by atoms with van der Waals surface area (Å²) >= 11 is 18.5. The maximum Gasteiger partial charge on any atom is 0.282 e. The van der Waals surface area contributed by atoms with Gasteiger partial charge >= 0.3 is 0 Å². The van der Waals surface area contributed by atoms with E-state index in [4.69, 9.17) is 53.7 Å². The van der Waals surface area contributed by atoms with Crippen LogP contribution in [0.2, 0.25) is 15.1 Å². The van der Waals surface area contributed by atoms with Gasteiger partial charge in [0, 0.05) is 26.0 Å². The molecule has 2 heterocycles. The second-order valence-electron chi connectivity index (χ2n) is 9.27. The summed E-state index contributed by atoms with van der Waals surface area (Å²) in [6.45, 7) is 2.54. The van der Waals surface area contributed by atoms with Crippen LogP contribution in [0.5, 0.6) is 11.5 Å². The molecule has 0 bridgehead atoms. The third-order valence-electron chi connectivity index (χ3n) is 6.44. The Labute approximate surface area is 255 Å². The van der Waals surface area contributed by atoms with Crippen LogP contribution in [-0.4, -0.2) is 22.5 Å². The molecule has 0 N–H and O–H groups in total. The molecule has 210 valence electrons. The van der Waals surface area contributed by atoms with E-state index < -0.39 is 0 Å². The summed E-state index contributed by atoms with van der Waals surface area (Å²) in [5.41, 5.74) is 2.28. The number of benzene rings is 4. The van der Waals surface area contributed by atoms with E-state index in [1.165, 1.54) is 4.68 Å². The topological polar surface area (TPSA) is 78.9 Å². The molecular weight excluding hydrogens is 597 g/mol. The summed E-state index contributed by atoms with van der Waals surface area (Å²) in [4.78, 5) is 18.3. The molecule has 6 aromatic rings. The highest BCUT2D eigenvalue weighted by Crippen LogP contribution is 2.31. The molecule has 0 saturated carbocycles. The predicted molar refractivity (Wildman–Crippen MR) is 168 cm³/mol. The molecule has 0 aliphatic heterocycles. The van der Waals surface area contributed by atoms with Crippen LogP contribution in [0.3, 0.4) is 0 Å². The smallest absolute Gasteiger partial charge is 0.282 e. The van der Waals surface area contributed by atoms with E-state index in [2.05, 4.69) is 5.10 Å². The van der Waals surface area contributed by atoms with Gasteiger partial charge in [-0.05, 0) is 79.2 Å². The van der Waals surface area contributed by atoms with Gasteiger partial charge in [0.1, 0.15) is 12.2 Å². The second kappa shape index (κ2) is 11.9. The fourth-order valence-corrected chi connectivity index (χ4v) is 5.07. The summed E-state index contributed by atoms with van der Waals surface area (Å²) in [5.74, 6) is 1.69. The first-order chi connectivity index (χ1) is 20.4. The minimum atomic E-state index is -0.338. The van der Waals surface area contributed by atoms with E-state index in [0.717, 1.165) is 10.9 Å². The lowest BCUT2D eigenvalue weighted by atomic mass is 10.2. The van der Waals surface area contributed by atoms with Crippen LogP contribution in [0.4, 0.5) is 0 Å². The van der Waals surface area contributed by atoms with Crippen molar-refractivity contribution in [1.29, 1.82) is 0 Å². The first kappa shape index (κ1) is 27.8. The Balaban J connectivity index is 1.37. The summed E-state index contributed by atoms with van der Waals surface area (Å²) in [6, 6.07) is 24.8. The number of halogens is 3. The van der Waals surface area contributed by atoms with Gasteiger partial charge in [-0.3, -0.25) is 4.79 Å². The van der Waals surface area contributed by atoms with Gasteiger partial charge in [-0.15, -0.1) is 0 Å². The maximum absolute atomic E-state index is 13.6. The van der Waals surface area contributed by atoms with E-state index in [1.54, 1.807) is 72.9 Å². The molecule has 0 unspecified atom stereocenters. The van der Waals surface area contributed by atoms with Gasteiger partial charge in [-0.1, -0.05) is 53.0 Å². The minimum absolute atomic E-state index is 0.230. The molecule has 6 rings (SSSR count). The van der Waals surface area contributed by atoms with E-state index in [1.807, 2.05) is 25.1 Å². The van der Waals surface area contributed by atoms with E-state index in [9.17, 15) is 4.79 Å². The van der Waals surface area contributed by atoms with Crippen molar-refractivity contribution in [2.24, 2.45) is 5.10 Å². The lowest BCUT2D eigenvalue weighted by Crippen LogP contribution is -2.20. The van der Waals surface area contributed by atoms with Crippen molar-refractivity contribution in [3.8, 4) is 23.1 Å². The predicted octanol–water partition coefficient (Wildman–Crippen LogP) is 8.63. The third-order valence-corrected chi connectivity index (χ3v) is 7.26. The number of fused-ring (bicyclic) bond motifs is 2. The van der Waals surface area contributed by atoms with Gasteiger partial charge in [0.05, 0.1) is 23.7 Å². The Morgan fingerprint density at radius 1 is 0.905 bits per heavy atom. The molecule has 0 atom stereocenters. The molecule has 0 fully saturated rings. The van der Waals surface area contributed by atoms with Crippen LogP contribution in [0.25, 0.3) is 33.5 Å². The van der Waals surface area contributed by atoms with E-state index in [0.29, 0.717) is 61.0 Å². The number of nitrogens with zero attached hydrogens (tertiary/aromatic N) is 3. The number of hydrogen-bond acceptors (Lipinski definition) is 6. The molecule has 0 aliphatic carbocycles. The zero-order valence-electron chi connectivity index (χ0n) is 22.2. The molecular formula is C32H22Cl3N3O4. The molecule has 0 spiro atoms. The van der Waals surface area contributed by atoms with Crippen LogP contribution in [0.15, 0.2) is 99.2 Å². The molecule has 4 aromatic carbocycles. The molecule has 0 aliphatic rings. The molecule has 2 aromatic heterocycles. The van der Waals surface area contributed by atoms with Crippen molar-refractivity contribution in [2.45, 2.75) is 13.5 Å². The Hall–Kier alpha value is -4.30. The number of ether oxygens (including phenoxy) is 2. The molecule has 7 nitrogen and oxygen atoms in total. The summed E-state index contributed by atoms with van der Waals surface area (Å²) < 4.78 is 19.1. The van der Waals surface area contributed by atoms with Gasteiger partial charge in [0.2, 0.25) is 5.82 Å². The van der Waals surface area contributed by atoms with E-state index >= 15 is 0 Å². The molecule has 0 amide bonds. The van der Waals surface area contributed by atoms with Crippen molar-refractivity contribution >= 4 is 62.9 Å². The summed E-state index contributed by atoms with van der Waals surface area (Å²) in [5, 5.41) is 7.39. The SMILES string of the molecule is CCOc1cc(C=Nn2c(-c3cc4cc(Cl)ccc4o3)nc3ccccc3c2=O)ccc1OCc1ccc(Cl)cc1Cl. The monoisotopic (exact) mass is 617 g/mol. The first-order valence-corrected chi connectivity index (χ1v) is 14.1. The number of hydrogen-bond donors (Lipinski definition) is 0. The van der Waals surface area contributed by atoms with Crippen molar-refractivity contribution in [2.75, 3.05) is 6.61 Å². The zero-order chi connectivity index (χ0) is 29.2. The van der Waals surface area contributed by atoms with Gasteiger partial charge in [-0.25, -0.2) is 4.98 Å². The average Bonchev–Trinajstić information content (AvgIpc) is 3.40. The number of furan rings is 1. The summed E-state index contributed by atoms with van der Waals surface area (Å²) in [7, 11) is 0. The molecule has 10 heteroatoms. The second-order valence-corrected chi connectivity index (χ2v) is 10.6. The quantitative estimate of drug-likeness (QED) is 0.160. The Morgan fingerprint density at radius 2 is 1.71 bits per heavy atom. The Kier molecular flexibility index (Phi) is 7.89. The van der Waals surface area contributed by atoms with Gasteiger partial charge in [0.15, 0.2) is 17.3 Å². The van der Waals surface area contributed by atoms with Crippen LogP contribution in [0, 0.1) is 0 Å². The number of aromatic nitrogens is 2. The summed E-state index contributed by atoms with van der Waals surface area (Å²) in [6.07, 6.45) is 1.56. The van der Waals surface area contributed by atoms with Crippen molar-refractivity contribution in [3.05, 3.63) is 121 Å².